The number of hydrogen-bond donors (Lipinski definition) is 1. The summed E-state index contributed by atoms with van der Waals surface area (Å²) >= 11 is 6.11. The van der Waals surface area contributed by atoms with E-state index in [0.717, 1.165) is 0 Å². The number of halogens is 1. The Morgan fingerprint density at radius 3 is 2.40 bits per heavy atom. The normalized spacial score (nSPS) is 14.2. The third kappa shape index (κ3) is 5.09. The number of ether oxygens (including phenoxy) is 1. The van der Waals surface area contributed by atoms with Crippen molar-refractivity contribution in [1.82, 2.24) is 9.80 Å². The van der Waals surface area contributed by atoms with Crippen molar-refractivity contribution >= 4 is 35.1 Å². The number of benzene rings is 1. The van der Waals surface area contributed by atoms with Crippen LogP contribution >= 0.6 is 11.6 Å². The zero-order valence-electron chi connectivity index (χ0n) is 14.4. The van der Waals surface area contributed by atoms with Gasteiger partial charge in [0.05, 0.1) is 23.4 Å². The predicted molar refractivity (Wildman–Crippen MR) is 94.7 cm³/mol. The predicted octanol–water partition coefficient (Wildman–Crippen LogP) is 1.62. The van der Waals surface area contributed by atoms with Crippen molar-refractivity contribution in [3.8, 4) is 0 Å². The van der Waals surface area contributed by atoms with Gasteiger partial charge in [-0.3, -0.25) is 9.59 Å². The van der Waals surface area contributed by atoms with Gasteiger partial charge in [0.2, 0.25) is 11.8 Å². The first-order valence-corrected chi connectivity index (χ1v) is 8.45. The van der Waals surface area contributed by atoms with Crippen molar-refractivity contribution in [3.63, 3.8) is 0 Å². The number of carbonyl (C=O) groups is 3. The number of nitrogens with zero attached hydrogens (tertiary/aromatic N) is 2. The second-order valence-corrected chi connectivity index (χ2v) is 6.16. The molecule has 1 saturated heterocycles. The number of amides is 2. The fourth-order valence-corrected chi connectivity index (χ4v) is 2.82. The quantitative estimate of drug-likeness (QED) is 0.800. The van der Waals surface area contributed by atoms with Crippen LogP contribution in [0.4, 0.5) is 5.69 Å². The SMILES string of the molecule is COC(=O)c1ccc(Cl)c(NCCC(=O)N2CCN(C(C)=O)CC2)c1. The van der Waals surface area contributed by atoms with Gasteiger partial charge in [0, 0.05) is 46.1 Å². The highest BCUT2D eigenvalue weighted by atomic mass is 35.5. The summed E-state index contributed by atoms with van der Waals surface area (Å²) in [6, 6.07) is 4.79. The van der Waals surface area contributed by atoms with Gasteiger partial charge in [-0.15, -0.1) is 0 Å². The van der Waals surface area contributed by atoms with E-state index < -0.39 is 5.97 Å². The molecule has 1 aromatic rings. The van der Waals surface area contributed by atoms with Crippen LogP contribution in [-0.2, 0) is 14.3 Å². The number of anilines is 1. The maximum atomic E-state index is 12.2. The van der Waals surface area contributed by atoms with Crippen LogP contribution in [0.25, 0.3) is 0 Å². The number of esters is 1. The van der Waals surface area contributed by atoms with Crippen LogP contribution in [0.2, 0.25) is 5.02 Å². The highest BCUT2D eigenvalue weighted by Gasteiger charge is 2.21. The minimum Gasteiger partial charge on any atom is -0.465 e. The van der Waals surface area contributed by atoms with Crippen LogP contribution in [0, 0.1) is 0 Å². The van der Waals surface area contributed by atoms with E-state index >= 15 is 0 Å². The molecule has 25 heavy (non-hydrogen) atoms. The third-order valence-electron chi connectivity index (χ3n) is 4.12. The molecular formula is C17H22ClN3O4. The molecule has 0 aromatic heterocycles. The molecule has 1 fully saturated rings. The Morgan fingerprint density at radius 1 is 1.16 bits per heavy atom. The summed E-state index contributed by atoms with van der Waals surface area (Å²) in [5.41, 5.74) is 0.972. The molecule has 0 radical (unpaired) electrons. The largest absolute Gasteiger partial charge is 0.465 e. The van der Waals surface area contributed by atoms with Gasteiger partial charge >= 0.3 is 5.97 Å². The van der Waals surface area contributed by atoms with E-state index in [-0.39, 0.29) is 11.8 Å². The maximum Gasteiger partial charge on any atom is 0.337 e. The van der Waals surface area contributed by atoms with Gasteiger partial charge in [0.1, 0.15) is 0 Å². The van der Waals surface area contributed by atoms with Crippen LogP contribution < -0.4 is 5.32 Å². The maximum absolute atomic E-state index is 12.2. The number of hydrogen-bond acceptors (Lipinski definition) is 5. The Hall–Kier alpha value is -2.28. The summed E-state index contributed by atoms with van der Waals surface area (Å²) in [6.07, 6.45) is 0.304. The van der Waals surface area contributed by atoms with Crippen LogP contribution in [0.5, 0.6) is 0 Å². The molecule has 7 nitrogen and oxygen atoms in total. The lowest BCUT2D eigenvalue weighted by Gasteiger charge is -2.34. The average molecular weight is 368 g/mol. The topological polar surface area (TPSA) is 79.0 Å². The highest BCUT2D eigenvalue weighted by molar-refractivity contribution is 6.33. The Labute approximate surface area is 151 Å². The number of methoxy groups -OCH3 is 1. The Kier molecular flexibility index (Phi) is 6.64. The first-order chi connectivity index (χ1) is 11.9. The molecule has 1 aliphatic rings. The lowest BCUT2D eigenvalue weighted by Crippen LogP contribution is -2.50. The van der Waals surface area contributed by atoms with Crippen molar-refractivity contribution in [2.24, 2.45) is 0 Å². The van der Waals surface area contributed by atoms with Gasteiger partial charge in [0.15, 0.2) is 0 Å². The fraction of sp³-hybridized carbons (Fsp3) is 0.471. The van der Waals surface area contributed by atoms with E-state index in [0.29, 0.717) is 55.4 Å². The molecule has 0 unspecified atom stereocenters. The van der Waals surface area contributed by atoms with Crippen molar-refractivity contribution in [3.05, 3.63) is 28.8 Å². The first-order valence-electron chi connectivity index (χ1n) is 8.07. The van der Waals surface area contributed by atoms with Gasteiger partial charge in [0.25, 0.3) is 0 Å². The Balaban J connectivity index is 1.83. The monoisotopic (exact) mass is 367 g/mol. The number of rotatable bonds is 5. The molecule has 2 rings (SSSR count). The third-order valence-corrected chi connectivity index (χ3v) is 4.45. The van der Waals surface area contributed by atoms with E-state index in [1.165, 1.54) is 14.0 Å². The van der Waals surface area contributed by atoms with Crippen LogP contribution in [0.1, 0.15) is 23.7 Å². The molecule has 0 spiro atoms. The summed E-state index contributed by atoms with van der Waals surface area (Å²) in [6.45, 7) is 4.18. The zero-order valence-corrected chi connectivity index (χ0v) is 15.1. The van der Waals surface area contributed by atoms with Gasteiger partial charge in [-0.1, -0.05) is 11.6 Å². The molecule has 1 aliphatic heterocycles. The van der Waals surface area contributed by atoms with Gasteiger partial charge in [-0.25, -0.2) is 4.79 Å². The lowest BCUT2D eigenvalue weighted by atomic mass is 10.2. The molecule has 1 aromatic carbocycles. The highest BCUT2D eigenvalue weighted by Crippen LogP contribution is 2.23. The first kappa shape index (κ1) is 19.1. The summed E-state index contributed by atoms with van der Waals surface area (Å²) in [4.78, 5) is 38.6. The van der Waals surface area contributed by atoms with E-state index in [1.807, 2.05) is 0 Å². The van der Waals surface area contributed by atoms with E-state index in [1.54, 1.807) is 28.0 Å². The molecule has 2 amide bonds. The minimum atomic E-state index is -0.445. The Bertz CT molecular complexity index is 657. The van der Waals surface area contributed by atoms with Crippen molar-refractivity contribution < 1.29 is 19.1 Å². The van der Waals surface area contributed by atoms with Crippen LogP contribution in [-0.4, -0.2) is 67.4 Å². The fourth-order valence-electron chi connectivity index (χ4n) is 2.64. The minimum absolute atomic E-state index is 0.0240. The van der Waals surface area contributed by atoms with Crippen LogP contribution in [0.3, 0.4) is 0 Å². The Morgan fingerprint density at radius 2 is 1.80 bits per heavy atom. The molecule has 0 saturated carbocycles. The van der Waals surface area contributed by atoms with Gasteiger partial charge < -0.3 is 19.9 Å². The van der Waals surface area contributed by atoms with E-state index in [4.69, 9.17) is 11.6 Å². The summed E-state index contributed by atoms with van der Waals surface area (Å²) in [5.74, 6) is -0.385. The van der Waals surface area contributed by atoms with Gasteiger partial charge in [-0.2, -0.15) is 0 Å². The van der Waals surface area contributed by atoms with Crippen molar-refractivity contribution in [2.45, 2.75) is 13.3 Å². The number of carbonyl (C=O) groups excluding carboxylic acids is 3. The van der Waals surface area contributed by atoms with Crippen molar-refractivity contribution in [2.75, 3.05) is 45.2 Å². The number of nitrogens with one attached hydrogen (secondary N) is 1. The van der Waals surface area contributed by atoms with Crippen LogP contribution in [0.15, 0.2) is 18.2 Å². The molecule has 1 N–H and O–H groups in total. The second-order valence-electron chi connectivity index (χ2n) is 5.75. The summed E-state index contributed by atoms with van der Waals surface area (Å²) in [5, 5.41) is 3.55. The van der Waals surface area contributed by atoms with E-state index in [2.05, 4.69) is 10.1 Å². The summed E-state index contributed by atoms with van der Waals surface area (Å²) in [7, 11) is 1.31. The standard InChI is InChI=1S/C17H22ClN3O4/c1-12(22)20-7-9-21(10-8-20)16(23)5-6-19-15-11-13(17(24)25-2)3-4-14(15)18/h3-4,11,19H,5-10H2,1-2H3. The van der Waals surface area contributed by atoms with Gasteiger partial charge in [-0.05, 0) is 18.2 Å². The molecule has 136 valence electrons. The molecule has 0 bridgehead atoms. The smallest absolute Gasteiger partial charge is 0.337 e. The van der Waals surface area contributed by atoms with Crippen molar-refractivity contribution in [1.29, 1.82) is 0 Å². The average Bonchev–Trinajstić information content (AvgIpc) is 2.62. The molecule has 0 aliphatic carbocycles. The summed E-state index contributed by atoms with van der Waals surface area (Å²) < 4.78 is 4.68. The number of piperazine rings is 1. The molecule has 8 heteroatoms. The second kappa shape index (κ2) is 8.71. The van der Waals surface area contributed by atoms with E-state index in [9.17, 15) is 14.4 Å². The zero-order chi connectivity index (χ0) is 18.4. The molecular weight excluding hydrogens is 346 g/mol. The molecule has 0 atom stereocenters. The molecule has 1 heterocycles. The lowest BCUT2D eigenvalue weighted by molar-refractivity contribution is -0.138.